The van der Waals surface area contributed by atoms with E-state index in [0.717, 1.165) is 6.42 Å². The third-order valence-corrected chi connectivity index (χ3v) is 3.65. The van der Waals surface area contributed by atoms with Gasteiger partial charge in [-0.2, -0.15) is 0 Å². The number of hydrogen-bond acceptors (Lipinski definition) is 3. The normalized spacial score (nSPS) is 20.4. The van der Waals surface area contributed by atoms with Crippen molar-refractivity contribution < 1.29 is 9.84 Å². The molecule has 0 bridgehead atoms. The van der Waals surface area contributed by atoms with E-state index >= 15 is 0 Å². The number of rotatable bonds is 6. The molecule has 3 nitrogen and oxygen atoms in total. The summed E-state index contributed by atoms with van der Waals surface area (Å²) in [6.07, 6.45) is 4.33. The van der Waals surface area contributed by atoms with Gasteiger partial charge in [-0.15, -0.1) is 0 Å². The van der Waals surface area contributed by atoms with Gasteiger partial charge in [0.1, 0.15) is 0 Å². The number of aryl methyl sites for hydroxylation is 1. The summed E-state index contributed by atoms with van der Waals surface area (Å²) in [4.78, 5) is 0. The lowest BCUT2D eigenvalue weighted by atomic mass is 9.87. The molecule has 0 saturated heterocycles. The monoisotopic (exact) mass is 249 g/mol. The summed E-state index contributed by atoms with van der Waals surface area (Å²) in [5.74, 6) is 0. The molecule has 0 aliphatic heterocycles. The van der Waals surface area contributed by atoms with Crippen molar-refractivity contribution in [1.29, 1.82) is 0 Å². The fourth-order valence-corrected chi connectivity index (χ4v) is 2.78. The second-order valence-corrected chi connectivity index (χ2v) is 4.97. The zero-order chi connectivity index (χ0) is 12.8. The van der Waals surface area contributed by atoms with Crippen LogP contribution in [0.5, 0.6) is 0 Å². The van der Waals surface area contributed by atoms with Gasteiger partial charge in [0.05, 0.1) is 6.61 Å². The molecule has 1 aromatic carbocycles. The van der Waals surface area contributed by atoms with E-state index in [9.17, 15) is 0 Å². The second-order valence-electron chi connectivity index (χ2n) is 4.97. The van der Waals surface area contributed by atoms with Crippen LogP contribution in [0, 0.1) is 0 Å². The molecule has 0 spiro atoms. The number of methoxy groups -OCH3 is 1. The van der Waals surface area contributed by atoms with Gasteiger partial charge in [-0.1, -0.05) is 24.3 Å². The Bertz CT molecular complexity index is 361. The Labute approximate surface area is 109 Å². The van der Waals surface area contributed by atoms with Crippen LogP contribution in [-0.2, 0) is 11.2 Å². The standard InChI is InChI=1S/C15H23NO2/c1-18-11-13(9-10-17)16-15-8-4-6-12-5-2-3-7-14(12)15/h2-3,5,7,13,15-17H,4,6,8-11H2,1H3. The van der Waals surface area contributed by atoms with Gasteiger partial charge in [0.25, 0.3) is 0 Å². The Morgan fingerprint density at radius 1 is 1.44 bits per heavy atom. The number of fused-ring (bicyclic) bond motifs is 1. The quantitative estimate of drug-likeness (QED) is 0.811. The van der Waals surface area contributed by atoms with Gasteiger partial charge in [-0.25, -0.2) is 0 Å². The van der Waals surface area contributed by atoms with Crippen molar-refractivity contribution >= 4 is 0 Å². The largest absolute Gasteiger partial charge is 0.396 e. The first-order valence-corrected chi connectivity index (χ1v) is 6.78. The molecule has 0 saturated carbocycles. The van der Waals surface area contributed by atoms with E-state index in [1.807, 2.05) is 0 Å². The molecule has 1 aliphatic rings. The first-order valence-electron chi connectivity index (χ1n) is 6.78. The van der Waals surface area contributed by atoms with Crippen LogP contribution in [0.15, 0.2) is 24.3 Å². The van der Waals surface area contributed by atoms with E-state index in [0.29, 0.717) is 12.6 Å². The number of aliphatic hydroxyl groups excluding tert-OH is 1. The van der Waals surface area contributed by atoms with Gasteiger partial charge in [-0.05, 0) is 36.8 Å². The molecule has 0 aromatic heterocycles. The first kappa shape index (κ1) is 13.5. The number of benzene rings is 1. The van der Waals surface area contributed by atoms with E-state index in [2.05, 4.69) is 29.6 Å². The highest BCUT2D eigenvalue weighted by molar-refractivity contribution is 5.32. The van der Waals surface area contributed by atoms with Crippen molar-refractivity contribution in [1.82, 2.24) is 5.32 Å². The molecule has 2 rings (SSSR count). The van der Waals surface area contributed by atoms with Gasteiger partial charge in [-0.3, -0.25) is 0 Å². The van der Waals surface area contributed by atoms with Crippen LogP contribution in [0.25, 0.3) is 0 Å². The zero-order valence-electron chi connectivity index (χ0n) is 11.1. The Morgan fingerprint density at radius 3 is 3.06 bits per heavy atom. The summed E-state index contributed by atoms with van der Waals surface area (Å²) < 4.78 is 5.21. The molecule has 100 valence electrons. The molecule has 0 heterocycles. The fraction of sp³-hybridized carbons (Fsp3) is 0.600. The van der Waals surface area contributed by atoms with Crippen molar-refractivity contribution in [2.24, 2.45) is 0 Å². The summed E-state index contributed by atoms with van der Waals surface area (Å²) in [5.41, 5.74) is 2.88. The van der Waals surface area contributed by atoms with E-state index in [1.54, 1.807) is 7.11 Å². The van der Waals surface area contributed by atoms with Gasteiger partial charge in [0, 0.05) is 25.8 Å². The maximum atomic E-state index is 9.09. The Morgan fingerprint density at radius 2 is 2.28 bits per heavy atom. The molecular weight excluding hydrogens is 226 g/mol. The minimum Gasteiger partial charge on any atom is -0.396 e. The minimum absolute atomic E-state index is 0.204. The van der Waals surface area contributed by atoms with Crippen LogP contribution in [0.1, 0.15) is 36.4 Å². The van der Waals surface area contributed by atoms with Crippen LogP contribution in [0.2, 0.25) is 0 Å². The topological polar surface area (TPSA) is 41.5 Å². The molecule has 1 aromatic rings. The van der Waals surface area contributed by atoms with Crippen molar-refractivity contribution in [3.05, 3.63) is 35.4 Å². The lowest BCUT2D eigenvalue weighted by molar-refractivity contribution is 0.140. The highest BCUT2D eigenvalue weighted by Gasteiger charge is 2.22. The smallest absolute Gasteiger partial charge is 0.0616 e. The molecule has 1 aliphatic carbocycles. The Kier molecular flexibility index (Phi) is 5.17. The average Bonchev–Trinajstić information content (AvgIpc) is 2.40. The van der Waals surface area contributed by atoms with Crippen LogP contribution in [0.4, 0.5) is 0 Å². The molecule has 3 heteroatoms. The number of hydrogen-bond donors (Lipinski definition) is 2. The molecule has 0 fully saturated rings. The third-order valence-electron chi connectivity index (χ3n) is 3.65. The van der Waals surface area contributed by atoms with Crippen LogP contribution in [0.3, 0.4) is 0 Å². The molecular formula is C15H23NO2. The molecule has 2 atom stereocenters. The number of ether oxygens (including phenoxy) is 1. The summed E-state index contributed by atoms with van der Waals surface area (Å²) in [6, 6.07) is 9.30. The predicted molar refractivity (Wildman–Crippen MR) is 72.6 cm³/mol. The summed E-state index contributed by atoms with van der Waals surface area (Å²) in [5, 5.41) is 12.7. The second kappa shape index (κ2) is 6.88. The number of aliphatic hydroxyl groups is 1. The third kappa shape index (κ3) is 3.31. The SMILES string of the molecule is COCC(CCO)NC1CCCc2ccccc21. The number of nitrogens with one attached hydrogen (secondary N) is 1. The van der Waals surface area contributed by atoms with E-state index in [4.69, 9.17) is 9.84 Å². The van der Waals surface area contributed by atoms with Gasteiger partial charge < -0.3 is 15.2 Å². The van der Waals surface area contributed by atoms with Crippen molar-refractivity contribution in [3.63, 3.8) is 0 Å². The highest BCUT2D eigenvalue weighted by Crippen LogP contribution is 2.29. The first-order chi connectivity index (χ1) is 8.85. The van der Waals surface area contributed by atoms with Gasteiger partial charge in [0.15, 0.2) is 0 Å². The molecule has 2 N–H and O–H groups in total. The summed E-state index contributed by atoms with van der Waals surface area (Å²) in [7, 11) is 1.71. The molecule has 0 radical (unpaired) electrons. The zero-order valence-corrected chi connectivity index (χ0v) is 11.1. The van der Waals surface area contributed by atoms with Crippen LogP contribution in [-0.4, -0.2) is 31.5 Å². The minimum atomic E-state index is 0.204. The van der Waals surface area contributed by atoms with Crippen LogP contribution >= 0.6 is 0 Å². The molecule has 0 amide bonds. The maximum absolute atomic E-state index is 9.09. The Balaban J connectivity index is 2.05. The van der Waals surface area contributed by atoms with Crippen molar-refractivity contribution in [3.8, 4) is 0 Å². The average molecular weight is 249 g/mol. The summed E-state index contributed by atoms with van der Waals surface area (Å²) >= 11 is 0. The summed E-state index contributed by atoms with van der Waals surface area (Å²) in [6.45, 7) is 0.856. The van der Waals surface area contributed by atoms with Crippen LogP contribution < -0.4 is 5.32 Å². The van der Waals surface area contributed by atoms with Gasteiger partial charge >= 0.3 is 0 Å². The lowest BCUT2D eigenvalue weighted by Crippen LogP contribution is -2.38. The highest BCUT2D eigenvalue weighted by atomic mass is 16.5. The van der Waals surface area contributed by atoms with Gasteiger partial charge in [0.2, 0.25) is 0 Å². The van der Waals surface area contributed by atoms with E-state index < -0.39 is 0 Å². The fourth-order valence-electron chi connectivity index (χ4n) is 2.78. The maximum Gasteiger partial charge on any atom is 0.0616 e. The predicted octanol–water partition coefficient (Wildman–Crippen LogP) is 2.05. The van der Waals surface area contributed by atoms with Crippen molar-refractivity contribution in [2.75, 3.05) is 20.3 Å². The Hall–Kier alpha value is -0.900. The van der Waals surface area contributed by atoms with E-state index in [1.165, 1.54) is 30.4 Å². The lowest BCUT2D eigenvalue weighted by Gasteiger charge is -2.30. The van der Waals surface area contributed by atoms with E-state index in [-0.39, 0.29) is 12.6 Å². The molecule has 18 heavy (non-hydrogen) atoms. The van der Waals surface area contributed by atoms with Crippen molar-refractivity contribution in [2.45, 2.75) is 37.8 Å². The molecule has 2 unspecified atom stereocenters.